The van der Waals surface area contributed by atoms with Gasteiger partial charge in [0, 0.05) is 18.8 Å². The van der Waals surface area contributed by atoms with Crippen LogP contribution in [0.15, 0.2) is 24.3 Å². The third-order valence-corrected chi connectivity index (χ3v) is 1.95. The monoisotopic (exact) mass is 249 g/mol. The Bertz CT molecular complexity index is 379. The molecule has 4 nitrogen and oxygen atoms in total. The average molecular weight is 249 g/mol. The van der Waals surface area contributed by atoms with Crippen LogP contribution in [-0.2, 0) is 9.47 Å². The minimum absolute atomic E-state index is 0.0370. The van der Waals surface area contributed by atoms with Crippen molar-refractivity contribution in [1.82, 2.24) is 0 Å². The Morgan fingerprint density at radius 2 is 1.94 bits per heavy atom. The predicted molar refractivity (Wildman–Crippen MR) is 69.3 cm³/mol. The molecule has 0 aliphatic rings. The van der Waals surface area contributed by atoms with Crippen LogP contribution in [0, 0.1) is 11.3 Å². The number of hydrogen-bond acceptors (Lipinski definition) is 4. The van der Waals surface area contributed by atoms with Gasteiger partial charge in [0.2, 0.25) is 0 Å². The Balaban J connectivity index is 0.000000331. The van der Waals surface area contributed by atoms with Crippen molar-refractivity contribution in [3.63, 3.8) is 0 Å². The van der Waals surface area contributed by atoms with Crippen LogP contribution in [0.2, 0.25) is 0 Å². The van der Waals surface area contributed by atoms with Crippen LogP contribution in [0.4, 0.5) is 0 Å². The summed E-state index contributed by atoms with van der Waals surface area (Å²) in [6.07, 6.45) is 0.686. The lowest BCUT2D eigenvalue weighted by molar-refractivity contribution is -0.123. The van der Waals surface area contributed by atoms with Gasteiger partial charge >= 0.3 is 0 Å². The molecule has 4 heteroatoms. The predicted octanol–water partition coefficient (Wildman–Crippen LogP) is 2.78. The van der Waals surface area contributed by atoms with Crippen molar-refractivity contribution >= 4 is 6.29 Å². The molecule has 0 amide bonds. The first-order valence-corrected chi connectivity index (χ1v) is 5.86. The fraction of sp³-hybridized carbons (Fsp3) is 0.429. The largest absolute Gasteiger partial charge is 0.353 e. The molecule has 1 aromatic carbocycles. The number of nitrogens with zero attached hydrogens (tertiary/aromatic N) is 1. The van der Waals surface area contributed by atoms with Gasteiger partial charge in [0.15, 0.2) is 6.29 Å². The number of hydrogen-bond donors (Lipinski definition) is 0. The Kier molecular flexibility index (Phi) is 9.47. The zero-order valence-corrected chi connectivity index (χ0v) is 11.1. The quantitative estimate of drug-likeness (QED) is 0.594. The van der Waals surface area contributed by atoms with Crippen LogP contribution in [0.3, 0.4) is 0 Å². The van der Waals surface area contributed by atoms with Crippen LogP contribution >= 0.6 is 0 Å². The van der Waals surface area contributed by atoms with Crippen molar-refractivity contribution in [3.05, 3.63) is 35.4 Å². The lowest BCUT2D eigenvalue weighted by Crippen LogP contribution is -2.11. The van der Waals surface area contributed by atoms with Crippen molar-refractivity contribution in [3.8, 4) is 6.07 Å². The van der Waals surface area contributed by atoms with Crippen molar-refractivity contribution in [2.24, 2.45) is 0 Å². The lowest BCUT2D eigenvalue weighted by atomic mass is 10.2. The summed E-state index contributed by atoms with van der Waals surface area (Å²) < 4.78 is 10.1. The smallest absolute Gasteiger partial charge is 0.154 e. The van der Waals surface area contributed by atoms with Crippen LogP contribution < -0.4 is 0 Å². The molecule has 98 valence electrons. The molecular formula is C14H19NO3. The highest BCUT2D eigenvalue weighted by Gasteiger charge is 1.94. The second-order valence-corrected chi connectivity index (χ2v) is 3.33. The molecule has 0 fully saturated rings. The van der Waals surface area contributed by atoms with E-state index < -0.39 is 0 Å². The summed E-state index contributed by atoms with van der Waals surface area (Å²) in [5.74, 6) is 0. The van der Waals surface area contributed by atoms with E-state index in [1.54, 1.807) is 24.3 Å². The molecule has 0 spiro atoms. The molecular weight excluding hydrogens is 230 g/mol. The second kappa shape index (κ2) is 10.5. The van der Waals surface area contributed by atoms with Gasteiger partial charge in [-0.05, 0) is 32.9 Å². The molecule has 1 aromatic rings. The number of carbonyl (C=O) groups excluding carboxylic acids is 1. The highest BCUT2D eigenvalue weighted by molar-refractivity contribution is 5.75. The molecule has 0 aliphatic carbocycles. The standard InChI is InChI=1S/C8H5NO.C6H14O2/c9-5-7-2-1-3-8(4-7)6-10;1-4-7-6(3)8-5-2/h1-4,6H;6H,4-5H2,1-3H3. The van der Waals surface area contributed by atoms with E-state index in [-0.39, 0.29) is 6.29 Å². The Morgan fingerprint density at radius 3 is 2.39 bits per heavy atom. The molecule has 0 radical (unpaired) electrons. The maximum Gasteiger partial charge on any atom is 0.154 e. The summed E-state index contributed by atoms with van der Waals surface area (Å²) in [7, 11) is 0. The number of nitriles is 1. The Morgan fingerprint density at radius 1 is 1.33 bits per heavy atom. The first-order chi connectivity index (χ1) is 8.67. The number of aldehydes is 1. The maximum absolute atomic E-state index is 10.2. The number of carbonyl (C=O) groups is 1. The molecule has 0 bridgehead atoms. The highest BCUT2D eigenvalue weighted by atomic mass is 16.7. The zero-order chi connectivity index (χ0) is 13.8. The maximum atomic E-state index is 10.2. The second-order valence-electron chi connectivity index (χ2n) is 3.33. The van der Waals surface area contributed by atoms with Gasteiger partial charge in [-0.3, -0.25) is 4.79 Å². The van der Waals surface area contributed by atoms with Crippen molar-refractivity contribution < 1.29 is 14.3 Å². The van der Waals surface area contributed by atoms with E-state index in [1.165, 1.54) is 0 Å². The molecule has 0 saturated heterocycles. The number of rotatable bonds is 5. The molecule has 0 N–H and O–H groups in total. The van der Waals surface area contributed by atoms with E-state index in [9.17, 15) is 4.79 Å². The van der Waals surface area contributed by atoms with Crippen molar-refractivity contribution in [2.75, 3.05) is 13.2 Å². The van der Waals surface area contributed by atoms with Crippen LogP contribution in [-0.4, -0.2) is 25.8 Å². The minimum atomic E-state index is -0.0370. The van der Waals surface area contributed by atoms with Crippen LogP contribution in [0.1, 0.15) is 36.7 Å². The van der Waals surface area contributed by atoms with Gasteiger partial charge in [0.1, 0.15) is 6.29 Å². The van der Waals surface area contributed by atoms with E-state index in [1.807, 2.05) is 26.8 Å². The molecule has 0 aliphatic heterocycles. The first kappa shape index (κ1) is 16.3. The molecule has 1 rings (SSSR count). The highest BCUT2D eigenvalue weighted by Crippen LogP contribution is 2.00. The molecule has 18 heavy (non-hydrogen) atoms. The molecule has 0 unspecified atom stereocenters. The fourth-order valence-corrected chi connectivity index (χ4v) is 1.20. The van der Waals surface area contributed by atoms with Gasteiger partial charge in [-0.1, -0.05) is 12.1 Å². The van der Waals surface area contributed by atoms with Crippen molar-refractivity contribution in [1.29, 1.82) is 5.26 Å². The summed E-state index contributed by atoms with van der Waals surface area (Å²) in [5.41, 5.74) is 1.06. The number of benzene rings is 1. The zero-order valence-electron chi connectivity index (χ0n) is 11.1. The molecule has 0 heterocycles. The average Bonchev–Trinajstić information content (AvgIpc) is 2.40. The van der Waals surface area contributed by atoms with E-state index in [0.29, 0.717) is 11.1 Å². The van der Waals surface area contributed by atoms with Gasteiger partial charge < -0.3 is 9.47 Å². The van der Waals surface area contributed by atoms with Gasteiger partial charge in [0.05, 0.1) is 11.6 Å². The first-order valence-electron chi connectivity index (χ1n) is 5.86. The lowest BCUT2D eigenvalue weighted by Gasteiger charge is -2.09. The SMILES string of the molecule is CCOC(C)OCC.N#Cc1cccc(C=O)c1. The van der Waals surface area contributed by atoms with E-state index in [0.717, 1.165) is 19.5 Å². The minimum Gasteiger partial charge on any atom is -0.353 e. The van der Waals surface area contributed by atoms with Gasteiger partial charge in [-0.15, -0.1) is 0 Å². The third-order valence-electron chi connectivity index (χ3n) is 1.95. The summed E-state index contributed by atoms with van der Waals surface area (Å²) >= 11 is 0. The van der Waals surface area contributed by atoms with Crippen LogP contribution in [0.5, 0.6) is 0 Å². The normalized spacial score (nSPS) is 9.28. The Hall–Kier alpha value is -1.70. The van der Waals surface area contributed by atoms with E-state index in [4.69, 9.17) is 14.7 Å². The van der Waals surface area contributed by atoms with Crippen LogP contribution in [0.25, 0.3) is 0 Å². The van der Waals surface area contributed by atoms with Gasteiger partial charge in [0.25, 0.3) is 0 Å². The van der Waals surface area contributed by atoms with Gasteiger partial charge in [-0.25, -0.2) is 0 Å². The number of ether oxygens (including phenoxy) is 2. The summed E-state index contributed by atoms with van der Waals surface area (Å²) in [4.78, 5) is 10.2. The Labute approximate surface area is 108 Å². The fourth-order valence-electron chi connectivity index (χ4n) is 1.20. The van der Waals surface area contributed by atoms with E-state index >= 15 is 0 Å². The summed E-state index contributed by atoms with van der Waals surface area (Å²) in [6, 6.07) is 8.49. The summed E-state index contributed by atoms with van der Waals surface area (Å²) in [5, 5.41) is 8.39. The van der Waals surface area contributed by atoms with E-state index in [2.05, 4.69) is 0 Å². The molecule has 0 saturated carbocycles. The third kappa shape index (κ3) is 7.55. The van der Waals surface area contributed by atoms with Crippen molar-refractivity contribution in [2.45, 2.75) is 27.1 Å². The topological polar surface area (TPSA) is 59.3 Å². The van der Waals surface area contributed by atoms with Gasteiger partial charge in [-0.2, -0.15) is 5.26 Å². The molecule has 0 atom stereocenters. The summed E-state index contributed by atoms with van der Waals surface area (Å²) in [6.45, 7) is 7.25. The molecule has 0 aromatic heterocycles.